The quantitative estimate of drug-likeness (QED) is 0.306. The van der Waals surface area contributed by atoms with Crippen molar-refractivity contribution in [1.29, 1.82) is 0 Å². The normalized spacial score (nSPS) is 16.8. The lowest BCUT2D eigenvalue weighted by Crippen LogP contribution is -2.44. The van der Waals surface area contributed by atoms with Crippen molar-refractivity contribution in [3.05, 3.63) is 35.9 Å². The summed E-state index contributed by atoms with van der Waals surface area (Å²) in [4.78, 5) is 7.08. The lowest BCUT2D eigenvalue weighted by Gasteiger charge is -2.19. The summed E-state index contributed by atoms with van der Waals surface area (Å²) in [6.07, 6.45) is 2.75. The standard InChI is InChI=1S/C20H31N7O2.HI/c1-5-21-20(22-11-19-25-23-14-26(19)2)24-16-6-7-27(13-16)12-15-8-17(28-3)10-18(9-15)29-4;/h8-10,14,16H,5-7,11-13H2,1-4H3,(H2,21,22,24);1H. The molecule has 0 amide bonds. The van der Waals surface area contributed by atoms with Crippen molar-refractivity contribution in [2.24, 2.45) is 12.0 Å². The summed E-state index contributed by atoms with van der Waals surface area (Å²) < 4.78 is 12.6. The fourth-order valence-electron chi connectivity index (χ4n) is 3.42. The largest absolute Gasteiger partial charge is 0.497 e. The third kappa shape index (κ3) is 6.73. The molecule has 1 aliphatic heterocycles. The molecule has 1 atom stereocenters. The van der Waals surface area contributed by atoms with Crippen molar-refractivity contribution in [1.82, 2.24) is 30.3 Å². The Morgan fingerprint density at radius 3 is 2.57 bits per heavy atom. The number of hydrogen-bond acceptors (Lipinski definition) is 6. The first-order valence-electron chi connectivity index (χ1n) is 9.93. The second-order valence-corrected chi connectivity index (χ2v) is 7.14. The highest BCUT2D eigenvalue weighted by molar-refractivity contribution is 14.0. The molecule has 2 heterocycles. The van der Waals surface area contributed by atoms with Crippen LogP contribution in [0.4, 0.5) is 0 Å². The molecule has 166 valence electrons. The Bertz CT molecular complexity index is 805. The van der Waals surface area contributed by atoms with Gasteiger partial charge in [0, 0.05) is 45.3 Å². The van der Waals surface area contributed by atoms with Gasteiger partial charge in [0.2, 0.25) is 0 Å². The summed E-state index contributed by atoms with van der Waals surface area (Å²) in [5.74, 6) is 3.28. The van der Waals surface area contributed by atoms with Gasteiger partial charge in [0.05, 0.1) is 14.2 Å². The van der Waals surface area contributed by atoms with Crippen molar-refractivity contribution < 1.29 is 9.47 Å². The Morgan fingerprint density at radius 2 is 1.97 bits per heavy atom. The van der Waals surface area contributed by atoms with Gasteiger partial charge in [0.15, 0.2) is 11.8 Å². The highest BCUT2D eigenvalue weighted by atomic mass is 127. The van der Waals surface area contributed by atoms with Gasteiger partial charge in [0.1, 0.15) is 24.4 Å². The predicted molar refractivity (Wildman–Crippen MR) is 128 cm³/mol. The van der Waals surface area contributed by atoms with Crippen LogP contribution in [0.25, 0.3) is 0 Å². The molecule has 10 heteroatoms. The third-order valence-electron chi connectivity index (χ3n) is 4.96. The summed E-state index contributed by atoms with van der Waals surface area (Å²) >= 11 is 0. The lowest BCUT2D eigenvalue weighted by molar-refractivity contribution is 0.321. The van der Waals surface area contributed by atoms with Crippen LogP contribution in [0.3, 0.4) is 0 Å². The number of guanidine groups is 1. The number of aliphatic imine (C=N–C) groups is 1. The minimum absolute atomic E-state index is 0. The van der Waals surface area contributed by atoms with Crippen molar-refractivity contribution in [3.63, 3.8) is 0 Å². The first kappa shape index (κ1) is 24.2. The van der Waals surface area contributed by atoms with Crippen LogP contribution in [-0.4, -0.2) is 65.5 Å². The fourth-order valence-corrected chi connectivity index (χ4v) is 3.42. The van der Waals surface area contributed by atoms with Crippen LogP contribution in [0.2, 0.25) is 0 Å². The molecular formula is C20H32IN7O2. The number of likely N-dealkylation sites (tertiary alicyclic amines) is 1. The van der Waals surface area contributed by atoms with E-state index in [1.165, 1.54) is 5.56 Å². The number of methoxy groups -OCH3 is 2. The lowest BCUT2D eigenvalue weighted by atomic mass is 10.2. The summed E-state index contributed by atoms with van der Waals surface area (Å²) in [5.41, 5.74) is 1.18. The van der Waals surface area contributed by atoms with E-state index < -0.39 is 0 Å². The molecule has 1 aliphatic rings. The maximum atomic E-state index is 5.38. The van der Waals surface area contributed by atoms with Crippen molar-refractivity contribution in [2.75, 3.05) is 33.9 Å². The van der Waals surface area contributed by atoms with Crippen LogP contribution >= 0.6 is 24.0 Å². The minimum Gasteiger partial charge on any atom is -0.497 e. The van der Waals surface area contributed by atoms with Gasteiger partial charge < -0.3 is 24.7 Å². The molecule has 2 aromatic rings. The van der Waals surface area contributed by atoms with E-state index in [0.717, 1.165) is 55.9 Å². The van der Waals surface area contributed by atoms with Crippen molar-refractivity contribution in [2.45, 2.75) is 32.5 Å². The number of benzene rings is 1. The highest BCUT2D eigenvalue weighted by Gasteiger charge is 2.23. The molecule has 3 rings (SSSR count). The van der Waals surface area contributed by atoms with E-state index >= 15 is 0 Å². The molecule has 1 saturated heterocycles. The van der Waals surface area contributed by atoms with Crippen LogP contribution in [0.15, 0.2) is 29.5 Å². The molecule has 0 saturated carbocycles. The van der Waals surface area contributed by atoms with E-state index in [1.807, 2.05) is 17.7 Å². The number of halogens is 1. The van der Waals surface area contributed by atoms with E-state index in [0.29, 0.717) is 12.6 Å². The monoisotopic (exact) mass is 529 g/mol. The molecule has 2 N–H and O–H groups in total. The molecule has 1 fully saturated rings. The summed E-state index contributed by atoms with van der Waals surface area (Å²) in [6.45, 7) is 6.21. The Labute approximate surface area is 195 Å². The average Bonchev–Trinajstić information content (AvgIpc) is 3.34. The Hall–Kier alpha value is -2.08. The summed E-state index contributed by atoms with van der Waals surface area (Å²) in [5, 5.41) is 14.9. The van der Waals surface area contributed by atoms with Crippen LogP contribution in [0.1, 0.15) is 24.7 Å². The van der Waals surface area contributed by atoms with Crippen LogP contribution in [0, 0.1) is 0 Å². The molecule has 30 heavy (non-hydrogen) atoms. The number of hydrogen-bond donors (Lipinski definition) is 2. The van der Waals surface area contributed by atoms with E-state index in [1.54, 1.807) is 20.5 Å². The molecule has 0 spiro atoms. The maximum Gasteiger partial charge on any atom is 0.191 e. The van der Waals surface area contributed by atoms with E-state index in [-0.39, 0.29) is 24.0 Å². The molecule has 9 nitrogen and oxygen atoms in total. The molecule has 1 aromatic carbocycles. The smallest absolute Gasteiger partial charge is 0.191 e. The third-order valence-corrected chi connectivity index (χ3v) is 4.96. The SMILES string of the molecule is CCNC(=NCc1nncn1C)NC1CCN(Cc2cc(OC)cc(OC)c2)C1.I. The first-order chi connectivity index (χ1) is 14.1. The van der Waals surface area contributed by atoms with Gasteiger partial charge in [-0.2, -0.15) is 0 Å². The van der Waals surface area contributed by atoms with Crippen molar-refractivity contribution >= 4 is 29.9 Å². The second kappa shape index (κ2) is 11.9. The number of aromatic nitrogens is 3. The van der Waals surface area contributed by atoms with Gasteiger partial charge >= 0.3 is 0 Å². The van der Waals surface area contributed by atoms with Crippen LogP contribution in [-0.2, 0) is 20.1 Å². The maximum absolute atomic E-state index is 5.38. The zero-order valence-electron chi connectivity index (χ0n) is 18.1. The van der Waals surface area contributed by atoms with E-state index in [2.05, 4.69) is 49.8 Å². The number of ether oxygens (including phenoxy) is 2. The van der Waals surface area contributed by atoms with Gasteiger partial charge in [-0.3, -0.25) is 4.90 Å². The van der Waals surface area contributed by atoms with E-state index in [9.17, 15) is 0 Å². The van der Waals surface area contributed by atoms with Gasteiger partial charge in [-0.25, -0.2) is 4.99 Å². The zero-order valence-corrected chi connectivity index (χ0v) is 20.4. The van der Waals surface area contributed by atoms with E-state index in [4.69, 9.17) is 9.47 Å². The number of aryl methyl sites for hydroxylation is 1. The zero-order chi connectivity index (χ0) is 20.6. The molecule has 0 aliphatic carbocycles. The topological polar surface area (TPSA) is 88.8 Å². The number of nitrogens with zero attached hydrogens (tertiary/aromatic N) is 5. The Kier molecular flexibility index (Phi) is 9.63. The highest BCUT2D eigenvalue weighted by Crippen LogP contribution is 2.24. The minimum atomic E-state index is 0. The fraction of sp³-hybridized carbons (Fsp3) is 0.550. The van der Waals surface area contributed by atoms with Crippen molar-refractivity contribution in [3.8, 4) is 11.5 Å². The molecular weight excluding hydrogens is 497 g/mol. The van der Waals surface area contributed by atoms with Gasteiger partial charge in [-0.15, -0.1) is 34.2 Å². The van der Waals surface area contributed by atoms with Gasteiger partial charge in [-0.05, 0) is 31.0 Å². The number of rotatable bonds is 8. The van der Waals surface area contributed by atoms with Crippen LogP contribution < -0.4 is 20.1 Å². The molecule has 1 unspecified atom stereocenters. The second-order valence-electron chi connectivity index (χ2n) is 7.14. The van der Waals surface area contributed by atoms with Gasteiger partial charge in [0.25, 0.3) is 0 Å². The Morgan fingerprint density at radius 1 is 1.23 bits per heavy atom. The van der Waals surface area contributed by atoms with Crippen LogP contribution in [0.5, 0.6) is 11.5 Å². The average molecular weight is 529 g/mol. The summed E-state index contributed by atoms with van der Waals surface area (Å²) in [7, 11) is 5.28. The molecule has 0 bridgehead atoms. The van der Waals surface area contributed by atoms with Gasteiger partial charge in [-0.1, -0.05) is 0 Å². The number of nitrogens with one attached hydrogen (secondary N) is 2. The molecule has 0 radical (unpaired) electrons. The summed E-state index contributed by atoms with van der Waals surface area (Å²) in [6, 6.07) is 6.37. The molecule has 1 aromatic heterocycles. The Balaban J connectivity index is 0.00000320. The predicted octanol–water partition coefficient (Wildman–Crippen LogP) is 1.78. The first-order valence-corrected chi connectivity index (χ1v) is 9.93.